The van der Waals surface area contributed by atoms with Crippen molar-refractivity contribution in [2.24, 2.45) is 0 Å². The Morgan fingerprint density at radius 3 is 2.65 bits per heavy atom. The molecule has 4 nitrogen and oxygen atoms in total. The van der Waals surface area contributed by atoms with Crippen LogP contribution in [0.3, 0.4) is 0 Å². The number of benzene rings is 1. The average molecular weight is 230 g/mol. The van der Waals surface area contributed by atoms with Crippen LogP contribution >= 0.6 is 0 Å². The summed E-state index contributed by atoms with van der Waals surface area (Å²) in [7, 11) is 0. The van der Waals surface area contributed by atoms with Gasteiger partial charge in [0.2, 0.25) is 0 Å². The van der Waals surface area contributed by atoms with Crippen molar-refractivity contribution in [2.45, 2.75) is 32.7 Å². The largest absolute Gasteiger partial charge is 0.399 e. The Kier molecular flexibility index (Phi) is 3.42. The molecule has 0 amide bonds. The van der Waals surface area contributed by atoms with E-state index in [1.54, 1.807) is 6.33 Å². The molecule has 1 aromatic heterocycles. The van der Waals surface area contributed by atoms with Crippen LogP contribution in [-0.2, 0) is 13.0 Å². The molecular weight excluding hydrogens is 212 g/mol. The Labute approximate surface area is 101 Å². The van der Waals surface area contributed by atoms with Gasteiger partial charge in [0.25, 0.3) is 0 Å². The molecule has 0 bridgehead atoms. The van der Waals surface area contributed by atoms with Crippen LogP contribution in [0.4, 0.5) is 5.69 Å². The summed E-state index contributed by atoms with van der Waals surface area (Å²) in [5.74, 6) is 1.46. The van der Waals surface area contributed by atoms with E-state index in [1.807, 2.05) is 12.1 Å². The summed E-state index contributed by atoms with van der Waals surface area (Å²) < 4.78 is 2.08. The van der Waals surface area contributed by atoms with Crippen molar-refractivity contribution in [3.05, 3.63) is 42.0 Å². The number of rotatable bonds is 4. The monoisotopic (exact) mass is 230 g/mol. The minimum Gasteiger partial charge on any atom is -0.399 e. The minimum absolute atomic E-state index is 0.421. The summed E-state index contributed by atoms with van der Waals surface area (Å²) in [6, 6.07) is 8.03. The van der Waals surface area contributed by atoms with Gasteiger partial charge in [0.1, 0.15) is 12.2 Å². The van der Waals surface area contributed by atoms with Gasteiger partial charge < -0.3 is 10.3 Å². The zero-order chi connectivity index (χ0) is 12.3. The highest BCUT2D eigenvalue weighted by atomic mass is 15.3. The number of anilines is 1. The number of nitrogen functional groups attached to an aromatic ring is 1. The third-order valence-electron chi connectivity index (χ3n) is 3.03. The first-order valence-corrected chi connectivity index (χ1v) is 5.92. The first kappa shape index (κ1) is 11.6. The van der Waals surface area contributed by atoms with Gasteiger partial charge in [0.05, 0.1) is 0 Å². The van der Waals surface area contributed by atoms with Gasteiger partial charge in [0, 0.05) is 18.7 Å². The maximum atomic E-state index is 5.68. The van der Waals surface area contributed by atoms with Crippen LogP contribution in [0.1, 0.15) is 31.2 Å². The smallest absolute Gasteiger partial charge is 0.133 e. The minimum atomic E-state index is 0.421. The van der Waals surface area contributed by atoms with Crippen molar-refractivity contribution >= 4 is 5.69 Å². The summed E-state index contributed by atoms with van der Waals surface area (Å²) in [6.45, 7) is 5.21. The van der Waals surface area contributed by atoms with Gasteiger partial charge in [-0.3, -0.25) is 0 Å². The maximum absolute atomic E-state index is 5.68. The molecule has 0 spiro atoms. The van der Waals surface area contributed by atoms with Crippen molar-refractivity contribution in [2.75, 3.05) is 5.73 Å². The van der Waals surface area contributed by atoms with Crippen molar-refractivity contribution < 1.29 is 0 Å². The lowest BCUT2D eigenvalue weighted by Crippen LogP contribution is -2.06. The molecule has 0 aliphatic heterocycles. The summed E-state index contributed by atoms with van der Waals surface area (Å²) >= 11 is 0. The molecule has 1 unspecified atom stereocenters. The lowest BCUT2D eigenvalue weighted by Gasteiger charge is -2.12. The molecule has 1 atom stereocenters. The second-order valence-electron chi connectivity index (χ2n) is 4.31. The number of hydrogen-bond donors (Lipinski definition) is 1. The van der Waals surface area contributed by atoms with Crippen LogP contribution in [0.2, 0.25) is 0 Å². The molecule has 90 valence electrons. The molecule has 0 aliphatic rings. The van der Waals surface area contributed by atoms with E-state index in [4.69, 9.17) is 5.73 Å². The Bertz CT molecular complexity index is 472. The third-order valence-corrected chi connectivity index (χ3v) is 3.03. The molecule has 4 heteroatoms. The molecule has 0 aliphatic carbocycles. The molecule has 2 N–H and O–H groups in total. The molecule has 0 saturated heterocycles. The molecule has 0 saturated carbocycles. The topological polar surface area (TPSA) is 56.7 Å². The van der Waals surface area contributed by atoms with E-state index < -0.39 is 0 Å². The van der Waals surface area contributed by atoms with Crippen LogP contribution < -0.4 is 5.73 Å². The van der Waals surface area contributed by atoms with E-state index in [1.165, 1.54) is 5.56 Å². The van der Waals surface area contributed by atoms with E-state index in [-0.39, 0.29) is 0 Å². The number of hydrogen-bond acceptors (Lipinski definition) is 3. The van der Waals surface area contributed by atoms with Crippen LogP contribution in [0.15, 0.2) is 30.6 Å². The summed E-state index contributed by atoms with van der Waals surface area (Å²) in [6.07, 6.45) is 2.68. The molecule has 2 aromatic rings. The van der Waals surface area contributed by atoms with Gasteiger partial charge in [0.15, 0.2) is 0 Å². The van der Waals surface area contributed by atoms with Gasteiger partial charge in [-0.25, -0.2) is 0 Å². The Morgan fingerprint density at radius 1 is 1.29 bits per heavy atom. The van der Waals surface area contributed by atoms with Gasteiger partial charge in [-0.05, 0) is 30.5 Å². The van der Waals surface area contributed by atoms with E-state index in [2.05, 4.69) is 40.7 Å². The molecule has 0 radical (unpaired) electrons. The second kappa shape index (κ2) is 4.99. The predicted octanol–water partition coefficient (Wildman–Crippen LogP) is 2.23. The normalized spacial score (nSPS) is 12.6. The molecule has 2 rings (SSSR count). The van der Waals surface area contributed by atoms with Gasteiger partial charge in [-0.2, -0.15) is 0 Å². The van der Waals surface area contributed by atoms with Crippen molar-refractivity contribution in [3.8, 4) is 0 Å². The van der Waals surface area contributed by atoms with Crippen molar-refractivity contribution in [1.82, 2.24) is 14.8 Å². The molecule has 0 fully saturated rings. The number of nitrogens with two attached hydrogens (primary N) is 1. The van der Waals surface area contributed by atoms with Crippen LogP contribution in [0.25, 0.3) is 0 Å². The van der Waals surface area contributed by atoms with E-state index in [9.17, 15) is 0 Å². The summed E-state index contributed by atoms with van der Waals surface area (Å²) in [4.78, 5) is 0. The predicted molar refractivity (Wildman–Crippen MR) is 68.7 cm³/mol. The summed E-state index contributed by atoms with van der Waals surface area (Å²) in [5, 5.41) is 8.11. The van der Waals surface area contributed by atoms with Gasteiger partial charge >= 0.3 is 0 Å². The number of aromatic nitrogens is 3. The van der Waals surface area contributed by atoms with E-state index in [0.29, 0.717) is 5.92 Å². The first-order chi connectivity index (χ1) is 8.20. The highest BCUT2D eigenvalue weighted by Crippen LogP contribution is 2.20. The maximum Gasteiger partial charge on any atom is 0.133 e. The average Bonchev–Trinajstić information content (AvgIpc) is 2.77. The van der Waals surface area contributed by atoms with E-state index in [0.717, 1.165) is 24.5 Å². The molecule has 1 heterocycles. The van der Waals surface area contributed by atoms with E-state index >= 15 is 0 Å². The van der Waals surface area contributed by atoms with Crippen LogP contribution in [-0.4, -0.2) is 14.8 Å². The lowest BCUT2D eigenvalue weighted by atomic mass is 9.97. The fraction of sp³-hybridized carbons (Fsp3) is 0.385. The third kappa shape index (κ3) is 2.64. The molecule has 17 heavy (non-hydrogen) atoms. The zero-order valence-corrected chi connectivity index (χ0v) is 10.3. The summed E-state index contributed by atoms with van der Waals surface area (Å²) in [5.41, 5.74) is 7.77. The van der Waals surface area contributed by atoms with Crippen molar-refractivity contribution in [1.29, 1.82) is 0 Å². The standard InChI is InChI=1S/C13H18N4/c1-3-17-9-15-16-13(17)8-10(2)11-4-6-12(14)7-5-11/h4-7,9-10H,3,8,14H2,1-2H3. The Hall–Kier alpha value is -1.84. The quantitative estimate of drug-likeness (QED) is 0.819. The number of nitrogens with zero attached hydrogens (tertiary/aromatic N) is 3. The van der Waals surface area contributed by atoms with Crippen LogP contribution in [0.5, 0.6) is 0 Å². The number of aryl methyl sites for hydroxylation is 1. The Morgan fingerprint density at radius 2 is 2.00 bits per heavy atom. The van der Waals surface area contributed by atoms with Crippen LogP contribution in [0, 0.1) is 0 Å². The SMILES string of the molecule is CCn1cnnc1CC(C)c1ccc(N)cc1. The van der Waals surface area contributed by atoms with Gasteiger partial charge in [-0.1, -0.05) is 19.1 Å². The van der Waals surface area contributed by atoms with Gasteiger partial charge in [-0.15, -0.1) is 10.2 Å². The highest BCUT2D eigenvalue weighted by molar-refractivity contribution is 5.40. The first-order valence-electron chi connectivity index (χ1n) is 5.92. The second-order valence-corrected chi connectivity index (χ2v) is 4.31. The highest BCUT2D eigenvalue weighted by Gasteiger charge is 2.10. The molecule has 1 aromatic carbocycles. The Balaban J connectivity index is 2.11. The zero-order valence-electron chi connectivity index (χ0n) is 10.3. The van der Waals surface area contributed by atoms with Crippen molar-refractivity contribution in [3.63, 3.8) is 0 Å². The fourth-order valence-corrected chi connectivity index (χ4v) is 1.92. The lowest BCUT2D eigenvalue weighted by molar-refractivity contribution is 0.643. The molecular formula is C13H18N4. The fourth-order valence-electron chi connectivity index (χ4n) is 1.92.